The standard InChI is InChI=1S/C29H33FN2O3S/c1-22-15-17-36-27(22)20-31(18-24-9-12-25(30)13-10-24)29(34)21-32(19-26-8-5-16-35-26)28(33)14-11-23-6-3-2-4-7-23/h2-4,6-7,9-10,12-13,15,17,26H,5,8,11,14,16,18-21H2,1H3. The van der Waals surface area contributed by atoms with Crippen molar-refractivity contribution < 1.29 is 18.7 Å². The highest BCUT2D eigenvalue weighted by Gasteiger charge is 2.26. The van der Waals surface area contributed by atoms with Crippen molar-refractivity contribution in [3.05, 3.63) is 93.4 Å². The van der Waals surface area contributed by atoms with Crippen molar-refractivity contribution in [2.24, 2.45) is 0 Å². The van der Waals surface area contributed by atoms with E-state index in [4.69, 9.17) is 4.74 Å². The number of carbonyl (C=O) groups excluding carboxylic acids is 2. The minimum atomic E-state index is -0.308. The van der Waals surface area contributed by atoms with Gasteiger partial charge < -0.3 is 14.5 Å². The fourth-order valence-electron chi connectivity index (χ4n) is 4.39. The third-order valence-corrected chi connectivity index (χ3v) is 7.55. The van der Waals surface area contributed by atoms with Crippen molar-refractivity contribution in [1.29, 1.82) is 0 Å². The Morgan fingerprint density at radius 1 is 0.972 bits per heavy atom. The van der Waals surface area contributed by atoms with Gasteiger partial charge in [-0.15, -0.1) is 11.3 Å². The summed E-state index contributed by atoms with van der Waals surface area (Å²) in [4.78, 5) is 31.5. The van der Waals surface area contributed by atoms with Crippen LogP contribution in [0.15, 0.2) is 66.0 Å². The second-order valence-electron chi connectivity index (χ2n) is 9.30. The highest BCUT2D eigenvalue weighted by molar-refractivity contribution is 7.10. The summed E-state index contributed by atoms with van der Waals surface area (Å²) in [5, 5.41) is 2.02. The molecule has 0 spiro atoms. The zero-order valence-corrected chi connectivity index (χ0v) is 21.5. The SMILES string of the molecule is Cc1ccsc1CN(Cc1ccc(F)cc1)C(=O)CN(CC1CCCO1)C(=O)CCc1ccccc1. The van der Waals surface area contributed by atoms with Gasteiger partial charge in [-0.25, -0.2) is 4.39 Å². The minimum Gasteiger partial charge on any atom is -0.376 e. The first-order valence-corrected chi connectivity index (χ1v) is 13.3. The Kier molecular flexibility index (Phi) is 9.25. The summed E-state index contributed by atoms with van der Waals surface area (Å²) in [6.45, 7) is 3.94. The maximum atomic E-state index is 13.6. The number of carbonyl (C=O) groups is 2. The third-order valence-electron chi connectivity index (χ3n) is 6.54. The molecule has 1 saturated heterocycles. The van der Waals surface area contributed by atoms with Crippen molar-refractivity contribution in [3.8, 4) is 0 Å². The lowest BCUT2D eigenvalue weighted by atomic mass is 10.1. The first kappa shape index (κ1) is 26.0. The summed E-state index contributed by atoms with van der Waals surface area (Å²) in [7, 11) is 0. The summed E-state index contributed by atoms with van der Waals surface area (Å²) in [6.07, 6.45) is 2.79. The molecule has 190 valence electrons. The largest absolute Gasteiger partial charge is 0.376 e. The maximum absolute atomic E-state index is 13.6. The zero-order valence-electron chi connectivity index (χ0n) is 20.7. The number of hydrogen-bond acceptors (Lipinski definition) is 4. The molecule has 3 aromatic rings. The molecule has 1 unspecified atom stereocenters. The number of amides is 2. The molecule has 0 aliphatic carbocycles. The van der Waals surface area contributed by atoms with Gasteiger partial charge in [0.25, 0.3) is 0 Å². The molecule has 1 atom stereocenters. The Balaban J connectivity index is 1.48. The molecule has 36 heavy (non-hydrogen) atoms. The average molecular weight is 509 g/mol. The number of ether oxygens (including phenoxy) is 1. The van der Waals surface area contributed by atoms with Crippen LogP contribution >= 0.6 is 11.3 Å². The van der Waals surface area contributed by atoms with Crippen molar-refractivity contribution >= 4 is 23.2 Å². The van der Waals surface area contributed by atoms with Crippen LogP contribution in [0.3, 0.4) is 0 Å². The molecule has 5 nitrogen and oxygen atoms in total. The molecule has 4 rings (SSSR count). The Morgan fingerprint density at radius 2 is 1.75 bits per heavy atom. The van der Waals surface area contributed by atoms with E-state index in [0.717, 1.165) is 34.4 Å². The molecule has 0 saturated carbocycles. The quantitative estimate of drug-likeness (QED) is 0.350. The zero-order chi connectivity index (χ0) is 25.3. The number of thiophene rings is 1. The van der Waals surface area contributed by atoms with Crippen LogP contribution in [-0.2, 0) is 33.8 Å². The van der Waals surface area contributed by atoms with E-state index in [1.54, 1.807) is 33.3 Å². The summed E-state index contributed by atoms with van der Waals surface area (Å²) in [5.74, 6) is -0.479. The predicted octanol–water partition coefficient (Wildman–Crippen LogP) is 5.36. The Hall–Kier alpha value is -3.03. The number of benzene rings is 2. The molecule has 1 aliphatic rings. The maximum Gasteiger partial charge on any atom is 0.242 e. The van der Waals surface area contributed by atoms with Gasteiger partial charge in [-0.05, 0) is 66.5 Å². The molecular weight excluding hydrogens is 475 g/mol. The topological polar surface area (TPSA) is 49.9 Å². The molecule has 1 fully saturated rings. The molecule has 0 N–H and O–H groups in total. The molecule has 2 aromatic carbocycles. The fraction of sp³-hybridized carbons (Fsp3) is 0.379. The van der Waals surface area contributed by atoms with Gasteiger partial charge >= 0.3 is 0 Å². The van der Waals surface area contributed by atoms with Crippen molar-refractivity contribution in [2.75, 3.05) is 19.7 Å². The van der Waals surface area contributed by atoms with Gasteiger partial charge in [-0.1, -0.05) is 42.5 Å². The summed E-state index contributed by atoms with van der Waals surface area (Å²) < 4.78 is 19.2. The van der Waals surface area contributed by atoms with E-state index in [2.05, 4.69) is 0 Å². The van der Waals surface area contributed by atoms with Crippen LogP contribution < -0.4 is 0 Å². The first-order chi connectivity index (χ1) is 17.5. The van der Waals surface area contributed by atoms with Gasteiger partial charge in [0.1, 0.15) is 5.82 Å². The lowest BCUT2D eigenvalue weighted by Gasteiger charge is -2.29. The Bertz CT molecular complexity index is 1130. The molecule has 0 bridgehead atoms. The number of nitrogens with zero attached hydrogens (tertiary/aromatic N) is 2. The van der Waals surface area contributed by atoms with E-state index in [9.17, 15) is 14.0 Å². The van der Waals surface area contributed by atoms with Gasteiger partial charge in [0.15, 0.2) is 0 Å². The number of aryl methyl sites for hydroxylation is 2. The Morgan fingerprint density at radius 3 is 2.42 bits per heavy atom. The van der Waals surface area contributed by atoms with Gasteiger partial charge in [0.2, 0.25) is 11.8 Å². The molecule has 2 amide bonds. The normalized spacial score (nSPS) is 15.1. The van der Waals surface area contributed by atoms with Crippen molar-refractivity contribution in [1.82, 2.24) is 9.80 Å². The molecule has 0 radical (unpaired) electrons. The van der Waals surface area contributed by atoms with Crippen LogP contribution in [0.2, 0.25) is 0 Å². The number of hydrogen-bond donors (Lipinski definition) is 0. The molecule has 1 aliphatic heterocycles. The third kappa shape index (κ3) is 7.48. The monoisotopic (exact) mass is 508 g/mol. The second-order valence-corrected chi connectivity index (χ2v) is 10.3. The van der Waals surface area contributed by atoms with E-state index in [1.807, 2.05) is 48.7 Å². The molecule has 2 heterocycles. The average Bonchev–Trinajstić information content (AvgIpc) is 3.55. The van der Waals surface area contributed by atoms with Gasteiger partial charge in [0.05, 0.1) is 19.2 Å². The van der Waals surface area contributed by atoms with Gasteiger partial charge in [0, 0.05) is 31.0 Å². The number of rotatable bonds is 11. The summed E-state index contributed by atoms with van der Waals surface area (Å²) in [6, 6.07) is 18.2. The smallest absolute Gasteiger partial charge is 0.242 e. The predicted molar refractivity (Wildman–Crippen MR) is 140 cm³/mol. The van der Waals surface area contributed by atoms with Crippen molar-refractivity contribution in [3.63, 3.8) is 0 Å². The summed E-state index contributed by atoms with van der Waals surface area (Å²) >= 11 is 1.61. The highest BCUT2D eigenvalue weighted by atomic mass is 32.1. The first-order valence-electron chi connectivity index (χ1n) is 12.5. The van der Waals surface area contributed by atoms with Crippen LogP contribution in [0.5, 0.6) is 0 Å². The van der Waals surface area contributed by atoms with Gasteiger partial charge in [-0.2, -0.15) is 0 Å². The van der Waals surface area contributed by atoms with E-state index >= 15 is 0 Å². The molecular formula is C29H33FN2O3S. The second kappa shape index (κ2) is 12.8. The summed E-state index contributed by atoms with van der Waals surface area (Å²) in [5.41, 5.74) is 3.08. The molecule has 7 heteroatoms. The Labute approximate surface area is 216 Å². The highest BCUT2D eigenvalue weighted by Crippen LogP contribution is 2.21. The van der Waals surface area contributed by atoms with E-state index in [0.29, 0.717) is 39.1 Å². The lowest BCUT2D eigenvalue weighted by Crippen LogP contribution is -2.45. The fourth-order valence-corrected chi connectivity index (χ4v) is 5.31. The van der Waals surface area contributed by atoms with E-state index in [1.165, 1.54) is 12.1 Å². The van der Waals surface area contributed by atoms with E-state index in [-0.39, 0.29) is 30.3 Å². The van der Waals surface area contributed by atoms with Gasteiger partial charge in [-0.3, -0.25) is 9.59 Å². The van der Waals surface area contributed by atoms with Crippen LogP contribution in [-0.4, -0.2) is 47.4 Å². The van der Waals surface area contributed by atoms with Crippen LogP contribution in [0, 0.1) is 12.7 Å². The number of halogens is 1. The minimum absolute atomic E-state index is 0.000892. The van der Waals surface area contributed by atoms with Crippen LogP contribution in [0.25, 0.3) is 0 Å². The molecule has 1 aromatic heterocycles. The van der Waals surface area contributed by atoms with E-state index < -0.39 is 0 Å². The van der Waals surface area contributed by atoms with Crippen LogP contribution in [0.1, 0.15) is 40.8 Å². The van der Waals surface area contributed by atoms with Crippen molar-refractivity contribution in [2.45, 2.75) is 51.8 Å². The lowest BCUT2D eigenvalue weighted by molar-refractivity contribution is -0.142. The van der Waals surface area contributed by atoms with Crippen LogP contribution in [0.4, 0.5) is 4.39 Å².